The molecule has 4 aliphatic heterocycles. The molecule has 0 bridgehead atoms. The number of carboxylic acid groups (broad SMARTS) is 3. The van der Waals surface area contributed by atoms with E-state index in [1.54, 1.807) is 24.6 Å². The molecular weight excluding hydrogens is 1620 g/mol. The van der Waals surface area contributed by atoms with Crippen molar-refractivity contribution in [2.24, 2.45) is 41.2 Å². The van der Waals surface area contributed by atoms with Crippen molar-refractivity contribution in [3.63, 3.8) is 0 Å². The Bertz CT molecular complexity index is 3520. The van der Waals surface area contributed by atoms with Crippen molar-refractivity contribution in [1.82, 2.24) is 25.9 Å². The van der Waals surface area contributed by atoms with Crippen LogP contribution in [-0.2, 0) is 76.1 Å². The van der Waals surface area contributed by atoms with E-state index in [-0.39, 0.29) is 92.7 Å². The molecule has 3 amide bonds. The van der Waals surface area contributed by atoms with Gasteiger partial charge in [0.2, 0.25) is 16.8 Å². The molecule has 120 heavy (non-hydrogen) atoms. The molecule has 2 aromatic rings. The zero-order valence-corrected chi connectivity index (χ0v) is 70.6. The molecule has 0 spiro atoms. The van der Waals surface area contributed by atoms with Crippen LogP contribution in [0.25, 0.3) is 0 Å². The number of rotatable bonds is 35. The number of aliphatic carboxylic acids is 2. The Morgan fingerprint density at radius 2 is 0.908 bits per heavy atom. The van der Waals surface area contributed by atoms with Crippen molar-refractivity contribution in [3.8, 4) is 0 Å². The van der Waals surface area contributed by atoms with E-state index in [0.29, 0.717) is 50.1 Å². The maximum absolute atomic E-state index is 13.9. The van der Waals surface area contributed by atoms with Crippen molar-refractivity contribution >= 4 is 69.9 Å². The summed E-state index contributed by atoms with van der Waals surface area (Å²) in [6, 6.07) is -2.55. The van der Waals surface area contributed by atoms with Crippen LogP contribution in [0.2, 0.25) is 0 Å². The number of ether oxygens (including phenoxy) is 10. The van der Waals surface area contributed by atoms with Crippen molar-refractivity contribution in [2.75, 3.05) is 26.3 Å². The number of aryl methyl sites for hydroxylation is 2. The standard InChI is InChI=1S/C40H63N3O15S.C35H60N2O14.C5H5NO2S.CH4/c1-5-23-15-24(25(46)12-9-13-41-36(51)37-42-19(2)18-59-37)16-26(34(23)58-40-33(50)32(49)30(47)20(3)54-40)56-39-29(43-21(4)45)35(31(48)28(17-44)57-39)55-27(38(52)53)14-22-10-7-6-8-11-22;1-4-20-14-21(22(40)11-8-12-36)15-23(31(20)51-35-30(44)29(43)27(41)17(2)47-35)49-34-26(37-18(3)39)32(28(42)25(16-38)50-34)48-24(33(45)46)13-19-9-6-5-7-10-19;1-3-2-9-4(6-3)5(7)8;/h18,20,22-24,26-35,39-40,44,47-50H,5-17H2,1-4H3,(H,41,51)(H,43,45)(H,52,53);17,19-21,23-32,34-35,38,41-44H,4-16,36H2,1-3H3,(H,37,39)(H,45,46);2H,1H3,(H,7,8);1H4/t20-,23?,24?,26+,27-,28-,29?,30-,31-,32?,33-,34+,35?,39+,40?;17-,20?,21?,23+,24-,25-,26?,27-,28-,29?,30-,31+,32?,34+,35?;;/m00../s1. The number of ketones is 2. The van der Waals surface area contributed by atoms with Gasteiger partial charge >= 0.3 is 17.9 Å². The van der Waals surface area contributed by atoms with Crippen LogP contribution < -0.4 is 21.7 Å². The quantitative estimate of drug-likeness (QED) is 0.0441. The van der Waals surface area contributed by atoms with Gasteiger partial charge in [0.25, 0.3) is 5.91 Å². The summed E-state index contributed by atoms with van der Waals surface area (Å²) in [5.41, 5.74) is 7.17. The van der Waals surface area contributed by atoms with E-state index >= 15 is 0 Å². The summed E-state index contributed by atoms with van der Waals surface area (Å²) < 4.78 is 62.0. The van der Waals surface area contributed by atoms with Crippen LogP contribution in [0.5, 0.6) is 0 Å². The minimum absolute atomic E-state index is 0. The number of aromatic carboxylic acids is 1. The molecule has 8 aliphatic rings. The number of aromatic nitrogens is 2. The maximum atomic E-state index is 13.9. The molecule has 30 atom stereocenters. The van der Waals surface area contributed by atoms with Gasteiger partial charge in [-0.1, -0.05) is 98.3 Å². The van der Waals surface area contributed by atoms with E-state index < -0.39 is 220 Å². The second-order valence-corrected chi connectivity index (χ2v) is 34.6. The molecule has 18 N–H and O–H groups in total. The Labute approximate surface area is 707 Å². The molecule has 4 saturated carbocycles. The highest BCUT2D eigenvalue weighted by molar-refractivity contribution is 7.12. The zero-order valence-electron chi connectivity index (χ0n) is 69.0. The highest BCUT2D eigenvalue weighted by Crippen LogP contribution is 2.44. The lowest BCUT2D eigenvalue weighted by Gasteiger charge is -2.49. The Morgan fingerprint density at radius 1 is 0.517 bits per heavy atom. The van der Waals surface area contributed by atoms with Gasteiger partial charge in [0, 0.05) is 67.2 Å². The summed E-state index contributed by atoms with van der Waals surface area (Å²) in [5, 5.41) is 148. The monoisotopic (exact) mass is 1750 g/mol. The normalized spacial score (nSPS) is 35.5. The molecule has 12 unspecified atom stereocenters. The van der Waals surface area contributed by atoms with E-state index in [1.807, 2.05) is 13.8 Å². The van der Waals surface area contributed by atoms with Gasteiger partial charge in [-0.3, -0.25) is 24.0 Å². The molecule has 8 fully saturated rings. The van der Waals surface area contributed by atoms with E-state index in [9.17, 15) is 99.6 Å². The number of hydrogen-bond donors (Lipinski definition) is 17. The van der Waals surface area contributed by atoms with Gasteiger partial charge in [0.1, 0.15) is 96.9 Å². The van der Waals surface area contributed by atoms with Crippen LogP contribution in [-0.4, -0.2) is 309 Å². The molecule has 4 aliphatic carbocycles. The first-order chi connectivity index (χ1) is 56.6. The number of carbonyl (C=O) groups is 8. The third-order valence-corrected chi connectivity index (χ3v) is 25.9. The summed E-state index contributed by atoms with van der Waals surface area (Å²) in [6.45, 7) is 12.0. The maximum Gasteiger partial charge on any atom is 0.365 e. The largest absolute Gasteiger partial charge is 0.479 e. The van der Waals surface area contributed by atoms with E-state index in [4.69, 9.17) is 58.2 Å². The van der Waals surface area contributed by atoms with Crippen molar-refractivity contribution in [2.45, 2.75) is 363 Å². The van der Waals surface area contributed by atoms with Gasteiger partial charge in [-0.15, -0.1) is 22.7 Å². The van der Waals surface area contributed by atoms with Gasteiger partial charge in [-0.25, -0.2) is 24.4 Å². The number of nitrogens with zero attached hydrogens (tertiary/aromatic N) is 2. The van der Waals surface area contributed by atoms with Crippen LogP contribution in [0.3, 0.4) is 0 Å². The molecular formula is C81H132N6O31S2. The Kier molecular flexibility index (Phi) is 41.4. The third-order valence-electron chi connectivity index (χ3n) is 24.0. The Hall–Kier alpha value is -5.42. The first kappa shape index (κ1) is 102. The number of hydrogen-bond acceptors (Lipinski definition) is 33. The number of carboxylic acids is 3. The minimum atomic E-state index is -1.65. The molecule has 4 saturated heterocycles. The molecule has 0 radical (unpaired) electrons. The number of amides is 3. The number of aliphatic hydroxyl groups is 10. The van der Waals surface area contributed by atoms with Gasteiger partial charge in [0.05, 0.1) is 49.8 Å². The predicted molar refractivity (Wildman–Crippen MR) is 428 cm³/mol. The van der Waals surface area contributed by atoms with Crippen LogP contribution >= 0.6 is 22.7 Å². The van der Waals surface area contributed by atoms with E-state index in [0.717, 1.165) is 86.9 Å². The smallest absolute Gasteiger partial charge is 0.365 e. The van der Waals surface area contributed by atoms with Crippen LogP contribution in [0, 0.1) is 49.4 Å². The highest BCUT2D eigenvalue weighted by Gasteiger charge is 2.56. The molecule has 10 rings (SSSR count). The van der Waals surface area contributed by atoms with Gasteiger partial charge in [-0.05, 0) is 109 Å². The van der Waals surface area contributed by atoms with Crippen LogP contribution in [0.1, 0.15) is 221 Å². The zero-order chi connectivity index (χ0) is 87.2. The molecule has 0 aromatic carbocycles. The fourth-order valence-corrected chi connectivity index (χ4v) is 18.7. The summed E-state index contributed by atoms with van der Waals surface area (Å²) in [5.74, 6) is -6.57. The summed E-state index contributed by atoms with van der Waals surface area (Å²) in [7, 11) is 0. The number of nitrogens with two attached hydrogens (primary N) is 1. The van der Waals surface area contributed by atoms with E-state index in [1.165, 1.54) is 39.0 Å². The fraction of sp³-hybridized carbons (Fsp3) is 0.827. The van der Waals surface area contributed by atoms with Crippen LogP contribution in [0.4, 0.5) is 0 Å². The average Bonchev–Trinajstić information content (AvgIpc) is 0.778. The lowest BCUT2D eigenvalue weighted by Crippen LogP contribution is -2.67. The Balaban J connectivity index is 0.000000299. The summed E-state index contributed by atoms with van der Waals surface area (Å²) in [4.78, 5) is 108. The first-order valence-electron chi connectivity index (χ1n) is 41.9. The number of aliphatic hydroxyl groups excluding tert-OH is 10. The molecule has 39 heteroatoms. The van der Waals surface area contributed by atoms with Gasteiger partial charge in [0.15, 0.2) is 42.4 Å². The highest BCUT2D eigenvalue weighted by atomic mass is 32.1. The van der Waals surface area contributed by atoms with Gasteiger partial charge in [-0.2, -0.15) is 0 Å². The fourth-order valence-electron chi connectivity index (χ4n) is 17.4. The van der Waals surface area contributed by atoms with Crippen molar-refractivity contribution < 1.29 is 152 Å². The predicted octanol–water partition coefficient (Wildman–Crippen LogP) is 2.46. The summed E-state index contributed by atoms with van der Waals surface area (Å²) >= 11 is 2.38. The lowest BCUT2D eigenvalue weighted by molar-refractivity contribution is -0.338. The molecule has 2 aromatic heterocycles. The van der Waals surface area contributed by atoms with Crippen molar-refractivity contribution in [3.05, 3.63) is 32.2 Å². The number of Topliss-reactive ketones (excluding diaryl/α,β-unsaturated/α-hetero) is 2. The molecule has 684 valence electrons. The number of nitrogens with one attached hydrogen (secondary N) is 3. The topological polar surface area (TPSA) is 580 Å². The number of thiazole rings is 2. The van der Waals surface area contributed by atoms with Crippen molar-refractivity contribution in [1.29, 1.82) is 0 Å². The minimum Gasteiger partial charge on any atom is -0.479 e. The van der Waals surface area contributed by atoms with E-state index in [2.05, 4.69) is 25.9 Å². The third kappa shape index (κ3) is 28.0. The summed E-state index contributed by atoms with van der Waals surface area (Å²) in [6.07, 6.45) is -18.7. The lowest BCUT2D eigenvalue weighted by atomic mass is 9.74. The van der Waals surface area contributed by atoms with Gasteiger partial charge < -0.3 is 135 Å². The second kappa shape index (κ2) is 48.9. The second-order valence-electron chi connectivity index (χ2n) is 32.9. The number of carbonyl (C=O) groups excluding carboxylic acids is 5. The first-order valence-corrected chi connectivity index (χ1v) is 43.7. The Morgan fingerprint density at radius 3 is 1.24 bits per heavy atom. The van der Waals surface area contributed by atoms with Crippen LogP contribution in [0.15, 0.2) is 10.8 Å². The SMILES string of the molecule is C.CCC1CC(C(=O)CCCN)C[C@@H](O[C@@H]2O[C@@H](CO)[C@H](O)C(O[C@@H](CC3CCCCC3)C(=O)O)C2NC(C)=O)[C@@H]1OC1O[C@@H](C)[C@H](O)C(O)[C@@H]1O.CCC1CC(C(=O)CCCNC(=O)c2nc(C)cs2)C[C@@H](O[C@@H]2O[C@@H](CO)[C@H](O)C(O[C@@H](CC3CCCCC3)C(=O)O)C2NC(C)=O)[C@@H]1OC1O[C@@H](C)[C@H](O)C(O)[C@@H]1O.Cc1csc(C(=O)O)n1. The average molecular weight is 1750 g/mol. The molecule has 6 heterocycles. The molecule has 37 nitrogen and oxygen atoms in total.